The lowest BCUT2D eigenvalue weighted by molar-refractivity contribution is 0.0969. The summed E-state index contributed by atoms with van der Waals surface area (Å²) in [5, 5.41) is 10.0. The fraction of sp³-hybridized carbons (Fsp3) is 0.200. The third kappa shape index (κ3) is 2.34. The minimum absolute atomic E-state index is 0.0198. The van der Waals surface area contributed by atoms with Gasteiger partial charge in [-0.1, -0.05) is 37.3 Å². The van der Waals surface area contributed by atoms with Gasteiger partial charge in [0.1, 0.15) is 22.4 Å². The normalized spacial score (nSPS) is 16.3. The van der Waals surface area contributed by atoms with Crippen LogP contribution in [-0.4, -0.2) is 16.1 Å². The molecule has 3 aromatic heterocycles. The zero-order valence-electron chi connectivity index (χ0n) is 15.1. The van der Waals surface area contributed by atoms with E-state index in [0.29, 0.717) is 21.9 Å². The molecule has 1 aromatic carbocycles. The lowest BCUT2D eigenvalue weighted by Crippen LogP contribution is -2.29. The van der Waals surface area contributed by atoms with Gasteiger partial charge in [0, 0.05) is 5.92 Å². The van der Waals surface area contributed by atoms with E-state index >= 15 is 0 Å². The molecule has 4 aromatic rings. The Balaban J connectivity index is 1.78. The Bertz CT molecular complexity index is 1260. The highest BCUT2D eigenvalue weighted by Crippen LogP contribution is 2.42. The van der Waals surface area contributed by atoms with E-state index in [0.717, 1.165) is 5.01 Å². The lowest BCUT2D eigenvalue weighted by Gasteiger charge is -2.19. The van der Waals surface area contributed by atoms with Crippen molar-refractivity contribution < 1.29 is 13.6 Å². The molecule has 4 heterocycles. The zero-order chi connectivity index (χ0) is 19.4. The van der Waals surface area contributed by atoms with Crippen LogP contribution in [-0.2, 0) is 0 Å². The van der Waals surface area contributed by atoms with Crippen LogP contribution < -0.4 is 10.3 Å². The molecule has 1 aliphatic rings. The summed E-state index contributed by atoms with van der Waals surface area (Å²) in [5.74, 6) is 0.240. The van der Waals surface area contributed by atoms with Crippen molar-refractivity contribution in [2.75, 3.05) is 4.90 Å². The number of furan rings is 1. The van der Waals surface area contributed by atoms with Gasteiger partial charge in [0.05, 0.1) is 17.2 Å². The van der Waals surface area contributed by atoms with Crippen molar-refractivity contribution in [2.24, 2.45) is 0 Å². The summed E-state index contributed by atoms with van der Waals surface area (Å²) in [6.45, 7) is 4.01. The monoisotopic (exact) mass is 393 g/mol. The number of hydrogen-bond donors (Lipinski definition) is 0. The quantitative estimate of drug-likeness (QED) is 0.520. The van der Waals surface area contributed by atoms with Gasteiger partial charge in [0.15, 0.2) is 5.43 Å². The number of para-hydroxylation sites is 1. The number of amides is 1. The second-order valence-electron chi connectivity index (χ2n) is 6.84. The SMILES string of the molecule is CC(C)c1nnc(N2C(=O)c3oc4ccccc4c(=O)c3[C@H]2c2ccco2)s1. The van der Waals surface area contributed by atoms with E-state index in [9.17, 15) is 9.59 Å². The number of fused-ring (bicyclic) bond motifs is 2. The number of anilines is 1. The molecular weight excluding hydrogens is 378 g/mol. The lowest BCUT2D eigenvalue weighted by atomic mass is 10.0. The minimum atomic E-state index is -0.744. The number of rotatable bonds is 3. The molecule has 0 bridgehead atoms. The predicted octanol–water partition coefficient (Wildman–Crippen LogP) is 4.11. The summed E-state index contributed by atoms with van der Waals surface area (Å²) in [6, 6.07) is 9.61. The number of benzene rings is 1. The molecule has 1 amide bonds. The molecule has 28 heavy (non-hydrogen) atoms. The highest BCUT2D eigenvalue weighted by Gasteiger charge is 2.46. The number of hydrogen-bond acceptors (Lipinski definition) is 7. The van der Waals surface area contributed by atoms with Gasteiger partial charge < -0.3 is 8.83 Å². The number of aromatic nitrogens is 2. The Morgan fingerprint density at radius 2 is 1.93 bits per heavy atom. The minimum Gasteiger partial charge on any atom is -0.467 e. The van der Waals surface area contributed by atoms with E-state index in [1.165, 1.54) is 22.5 Å². The van der Waals surface area contributed by atoms with Crippen LogP contribution in [0.1, 0.15) is 52.7 Å². The van der Waals surface area contributed by atoms with E-state index < -0.39 is 11.9 Å². The fourth-order valence-corrected chi connectivity index (χ4v) is 4.26. The predicted molar refractivity (Wildman–Crippen MR) is 104 cm³/mol. The van der Waals surface area contributed by atoms with Gasteiger partial charge in [-0.2, -0.15) is 0 Å². The van der Waals surface area contributed by atoms with Crippen molar-refractivity contribution >= 4 is 33.3 Å². The fourth-order valence-electron chi connectivity index (χ4n) is 3.39. The molecule has 0 radical (unpaired) electrons. The molecule has 1 atom stereocenters. The standard InChI is InChI=1S/C20H15N3O4S/c1-10(2)18-21-22-20(28-18)23-15(13-8-5-9-26-13)14-16(24)11-6-3-4-7-12(11)27-17(14)19(23)25/h3-10,15H,1-2H3/t15-/m1/s1. The van der Waals surface area contributed by atoms with E-state index in [4.69, 9.17) is 8.83 Å². The molecule has 0 saturated carbocycles. The van der Waals surface area contributed by atoms with Crippen molar-refractivity contribution in [1.82, 2.24) is 10.2 Å². The maximum atomic E-state index is 13.3. The third-order valence-corrected chi connectivity index (χ3v) is 5.94. The highest BCUT2D eigenvalue weighted by molar-refractivity contribution is 7.15. The molecular formula is C20H15N3O4S. The molecule has 0 saturated heterocycles. The molecule has 0 N–H and O–H groups in total. The van der Waals surface area contributed by atoms with Crippen molar-refractivity contribution in [2.45, 2.75) is 25.8 Å². The van der Waals surface area contributed by atoms with Crippen LogP contribution in [0.3, 0.4) is 0 Å². The summed E-state index contributed by atoms with van der Waals surface area (Å²) in [7, 11) is 0. The van der Waals surface area contributed by atoms with Gasteiger partial charge in [0.2, 0.25) is 10.9 Å². The number of nitrogens with zero attached hydrogens (tertiary/aromatic N) is 3. The van der Waals surface area contributed by atoms with Gasteiger partial charge in [-0.25, -0.2) is 0 Å². The first-order chi connectivity index (χ1) is 13.6. The van der Waals surface area contributed by atoms with E-state index in [1.54, 1.807) is 36.4 Å². The van der Waals surface area contributed by atoms with Crippen molar-refractivity contribution in [3.05, 3.63) is 75.0 Å². The summed E-state index contributed by atoms with van der Waals surface area (Å²) in [5.41, 5.74) is 0.391. The average molecular weight is 393 g/mol. The van der Waals surface area contributed by atoms with Crippen molar-refractivity contribution in [3.63, 3.8) is 0 Å². The van der Waals surface area contributed by atoms with Crippen LogP contribution >= 0.6 is 11.3 Å². The summed E-state index contributed by atoms with van der Waals surface area (Å²) >= 11 is 1.32. The maximum Gasteiger partial charge on any atom is 0.297 e. The molecule has 8 heteroatoms. The second-order valence-corrected chi connectivity index (χ2v) is 7.83. The molecule has 1 aliphatic heterocycles. The third-order valence-electron chi connectivity index (χ3n) is 4.72. The van der Waals surface area contributed by atoms with Gasteiger partial charge in [-0.15, -0.1) is 10.2 Å². The first-order valence-electron chi connectivity index (χ1n) is 8.82. The Kier molecular flexibility index (Phi) is 3.70. The van der Waals surface area contributed by atoms with Gasteiger partial charge in [-0.3, -0.25) is 14.5 Å². The smallest absolute Gasteiger partial charge is 0.297 e. The molecule has 140 valence electrons. The molecule has 5 rings (SSSR count). The van der Waals surface area contributed by atoms with Crippen molar-refractivity contribution in [3.8, 4) is 0 Å². The van der Waals surface area contributed by atoms with Crippen LogP contribution in [0.25, 0.3) is 11.0 Å². The Labute approximate surface area is 163 Å². The summed E-state index contributed by atoms with van der Waals surface area (Å²) < 4.78 is 11.4. The zero-order valence-corrected chi connectivity index (χ0v) is 15.9. The van der Waals surface area contributed by atoms with Gasteiger partial charge in [0.25, 0.3) is 5.91 Å². The molecule has 0 aliphatic carbocycles. The average Bonchev–Trinajstić information content (AvgIpc) is 3.41. The van der Waals surface area contributed by atoms with Crippen LogP contribution in [0, 0.1) is 0 Å². The maximum absolute atomic E-state index is 13.3. The second kappa shape index (κ2) is 6.13. The van der Waals surface area contributed by atoms with Gasteiger partial charge >= 0.3 is 0 Å². The van der Waals surface area contributed by atoms with Gasteiger partial charge in [-0.05, 0) is 24.3 Å². The Morgan fingerprint density at radius 3 is 2.64 bits per heavy atom. The number of carbonyl (C=O) groups excluding carboxylic acids is 1. The molecule has 0 spiro atoms. The summed E-state index contributed by atoms with van der Waals surface area (Å²) in [6.07, 6.45) is 1.51. The molecule has 0 fully saturated rings. The molecule has 7 nitrogen and oxygen atoms in total. The van der Waals surface area contributed by atoms with Crippen LogP contribution in [0.5, 0.6) is 0 Å². The Morgan fingerprint density at radius 1 is 1.11 bits per heavy atom. The van der Waals surface area contributed by atoms with Crippen LogP contribution in [0.15, 0.2) is 56.3 Å². The first kappa shape index (κ1) is 16.9. The van der Waals surface area contributed by atoms with Crippen LogP contribution in [0.2, 0.25) is 0 Å². The first-order valence-corrected chi connectivity index (χ1v) is 9.64. The van der Waals surface area contributed by atoms with E-state index in [-0.39, 0.29) is 22.7 Å². The number of carbonyl (C=O) groups is 1. The van der Waals surface area contributed by atoms with Crippen molar-refractivity contribution in [1.29, 1.82) is 0 Å². The topological polar surface area (TPSA) is 89.4 Å². The summed E-state index contributed by atoms with van der Waals surface area (Å²) in [4.78, 5) is 28.0. The van der Waals surface area contributed by atoms with E-state index in [1.807, 2.05) is 13.8 Å². The largest absolute Gasteiger partial charge is 0.467 e. The van der Waals surface area contributed by atoms with Crippen LogP contribution in [0.4, 0.5) is 5.13 Å². The molecule has 0 unspecified atom stereocenters. The van der Waals surface area contributed by atoms with E-state index in [2.05, 4.69) is 10.2 Å². The Hall–Kier alpha value is -3.26. The highest BCUT2D eigenvalue weighted by atomic mass is 32.1.